The number of nitrogen functional groups attached to an aromatic ring is 1. The average molecular weight is 527 g/mol. The maximum Gasteiger partial charge on any atom is 0.261 e. The first-order valence-corrected chi connectivity index (χ1v) is 15.9. The molecule has 0 saturated carbocycles. The van der Waals surface area contributed by atoms with Gasteiger partial charge in [-0.2, -0.15) is 0 Å². The zero-order valence-electron chi connectivity index (χ0n) is 25.4. The van der Waals surface area contributed by atoms with Crippen molar-refractivity contribution in [1.29, 1.82) is 0 Å². The van der Waals surface area contributed by atoms with Crippen LogP contribution in [0, 0.1) is 0 Å². The minimum atomic E-state index is 0.0680. The fourth-order valence-electron chi connectivity index (χ4n) is 5.69. The van der Waals surface area contributed by atoms with Crippen molar-refractivity contribution in [2.45, 2.75) is 156 Å². The Kier molecular flexibility index (Phi) is 15.7. The van der Waals surface area contributed by atoms with E-state index in [1.807, 2.05) is 16.7 Å². The molecule has 0 radical (unpaired) electrons. The lowest BCUT2D eigenvalue weighted by atomic mass is 10.0. The van der Waals surface area contributed by atoms with Crippen molar-refractivity contribution in [2.24, 2.45) is 0 Å². The highest BCUT2D eigenvalue weighted by Crippen LogP contribution is 2.17. The van der Waals surface area contributed by atoms with Crippen molar-refractivity contribution in [3.8, 4) is 0 Å². The van der Waals surface area contributed by atoms with Crippen LogP contribution in [0.1, 0.15) is 137 Å². The summed E-state index contributed by atoms with van der Waals surface area (Å²) >= 11 is 0. The zero-order valence-corrected chi connectivity index (χ0v) is 25.4. The Balaban J connectivity index is 1.78. The number of unbranched alkanes of at least 4 members (excludes halogenated alkanes) is 14. The summed E-state index contributed by atoms with van der Waals surface area (Å²) < 4.78 is 1.93. The van der Waals surface area contributed by atoms with Gasteiger partial charge in [0.1, 0.15) is 5.82 Å². The monoisotopic (exact) mass is 526 g/mol. The predicted octanol–water partition coefficient (Wildman–Crippen LogP) is 8.51. The molecule has 2 N–H and O–H groups in total. The van der Waals surface area contributed by atoms with Crippen LogP contribution in [0.4, 0.5) is 5.69 Å². The highest BCUT2D eigenvalue weighted by Gasteiger charge is 2.16. The number of benzene rings is 1. The Morgan fingerprint density at radius 3 is 1.79 bits per heavy atom. The Morgan fingerprint density at radius 1 is 0.789 bits per heavy atom. The number of aryl methyl sites for hydroxylation is 1. The van der Waals surface area contributed by atoms with Gasteiger partial charge >= 0.3 is 0 Å². The summed E-state index contributed by atoms with van der Waals surface area (Å²) in [6.07, 6.45) is 21.2. The third-order valence-electron chi connectivity index (χ3n) is 7.97. The fraction of sp³-hybridized carbons (Fsp3) is 0.758. The van der Waals surface area contributed by atoms with Gasteiger partial charge in [-0.15, -0.1) is 0 Å². The van der Waals surface area contributed by atoms with Crippen molar-refractivity contribution < 1.29 is 0 Å². The third kappa shape index (κ3) is 11.5. The highest BCUT2D eigenvalue weighted by molar-refractivity contribution is 5.80. The Morgan fingerprint density at radius 2 is 1.29 bits per heavy atom. The third-order valence-corrected chi connectivity index (χ3v) is 7.97. The number of nitrogens with two attached hydrogens (primary N) is 1. The van der Waals surface area contributed by atoms with Gasteiger partial charge in [-0.1, -0.05) is 96.8 Å². The lowest BCUT2D eigenvalue weighted by Crippen LogP contribution is -2.41. The van der Waals surface area contributed by atoms with E-state index in [4.69, 9.17) is 10.7 Å². The standard InChI is InChI=1S/C33H58N4O/c1-6-7-8-9-10-11-12-13-14-15-16-17-18-19-20-21-32-35-31-26-29(34)22-23-30(31)33(38)37(32)25-24-36(27(2)3)28(4)5/h22-23,26-28H,6-21,24-25,34H2,1-5H3. The maximum atomic E-state index is 13.4. The van der Waals surface area contributed by atoms with Gasteiger partial charge in [-0.25, -0.2) is 4.98 Å². The van der Waals surface area contributed by atoms with Gasteiger partial charge in [0, 0.05) is 37.3 Å². The van der Waals surface area contributed by atoms with Crippen molar-refractivity contribution in [3.63, 3.8) is 0 Å². The minimum Gasteiger partial charge on any atom is -0.399 e. The highest BCUT2D eigenvalue weighted by atomic mass is 16.1. The summed E-state index contributed by atoms with van der Waals surface area (Å²) in [5.41, 5.74) is 7.46. The van der Waals surface area contributed by atoms with E-state index in [1.54, 1.807) is 6.07 Å². The molecule has 1 heterocycles. The lowest BCUT2D eigenvalue weighted by Gasteiger charge is -2.31. The summed E-state index contributed by atoms with van der Waals surface area (Å²) in [5, 5.41) is 0.667. The molecule has 0 aliphatic rings. The lowest BCUT2D eigenvalue weighted by molar-refractivity contribution is 0.167. The molecular formula is C33H58N4O. The number of hydrogen-bond acceptors (Lipinski definition) is 4. The SMILES string of the molecule is CCCCCCCCCCCCCCCCCc1nc2cc(N)ccc2c(=O)n1CCN(C(C)C)C(C)C. The molecule has 38 heavy (non-hydrogen) atoms. The molecule has 216 valence electrons. The van der Waals surface area contributed by atoms with Gasteiger partial charge in [0.05, 0.1) is 10.9 Å². The average Bonchev–Trinajstić information content (AvgIpc) is 2.87. The normalized spacial score (nSPS) is 12.0. The quantitative estimate of drug-likeness (QED) is 0.131. The molecule has 0 atom stereocenters. The Bertz CT molecular complexity index is 957. The summed E-state index contributed by atoms with van der Waals surface area (Å²) in [4.78, 5) is 20.8. The molecule has 0 amide bonds. The van der Waals surface area contributed by atoms with Crippen LogP contribution >= 0.6 is 0 Å². The van der Waals surface area contributed by atoms with Crippen molar-refractivity contribution in [1.82, 2.24) is 14.5 Å². The van der Waals surface area contributed by atoms with Gasteiger partial charge < -0.3 is 5.73 Å². The molecule has 0 fully saturated rings. The second-order valence-electron chi connectivity index (χ2n) is 11.9. The van der Waals surface area contributed by atoms with Crippen LogP contribution in [-0.4, -0.2) is 33.1 Å². The van der Waals surface area contributed by atoms with Crippen LogP contribution in [0.15, 0.2) is 23.0 Å². The summed E-state index contributed by atoms with van der Waals surface area (Å²) in [7, 11) is 0. The second kappa shape index (κ2) is 18.4. The van der Waals surface area contributed by atoms with Crippen LogP contribution in [0.25, 0.3) is 10.9 Å². The largest absolute Gasteiger partial charge is 0.399 e. The van der Waals surface area contributed by atoms with Gasteiger partial charge in [0.25, 0.3) is 5.56 Å². The fourth-order valence-corrected chi connectivity index (χ4v) is 5.69. The van der Waals surface area contributed by atoms with E-state index in [2.05, 4.69) is 39.5 Å². The number of fused-ring (bicyclic) bond motifs is 1. The molecule has 2 rings (SSSR count). The van der Waals surface area contributed by atoms with Gasteiger partial charge in [0.2, 0.25) is 0 Å². The molecule has 0 spiro atoms. The zero-order chi connectivity index (χ0) is 27.8. The summed E-state index contributed by atoms with van der Waals surface area (Å²) in [6, 6.07) is 6.36. The summed E-state index contributed by atoms with van der Waals surface area (Å²) in [5.74, 6) is 0.912. The molecule has 0 unspecified atom stereocenters. The Hall–Kier alpha value is -1.88. The minimum absolute atomic E-state index is 0.0680. The molecule has 5 heteroatoms. The maximum absolute atomic E-state index is 13.4. The number of nitrogens with zero attached hydrogens (tertiary/aromatic N) is 3. The topological polar surface area (TPSA) is 64.1 Å². The van der Waals surface area contributed by atoms with Crippen LogP contribution in [-0.2, 0) is 13.0 Å². The summed E-state index contributed by atoms with van der Waals surface area (Å²) in [6.45, 7) is 12.7. The van der Waals surface area contributed by atoms with E-state index >= 15 is 0 Å². The van der Waals surface area contributed by atoms with E-state index in [0.29, 0.717) is 29.7 Å². The molecule has 0 aliphatic heterocycles. The molecule has 2 aromatic rings. The van der Waals surface area contributed by atoms with Gasteiger partial charge in [-0.05, 0) is 52.3 Å². The van der Waals surface area contributed by atoms with E-state index in [0.717, 1.165) is 30.7 Å². The first-order valence-electron chi connectivity index (χ1n) is 15.9. The molecule has 1 aromatic heterocycles. The van der Waals surface area contributed by atoms with Crippen molar-refractivity contribution >= 4 is 16.6 Å². The number of aromatic nitrogens is 2. The second-order valence-corrected chi connectivity index (χ2v) is 11.9. The molecule has 0 saturated heterocycles. The van der Waals surface area contributed by atoms with Crippen molar-refractivity contribution in [2.75, 3.05) is 12.3 Å². The molecule has 0 bridgehead atoms. The van der Waals surface area contributed by atoms with Crippen LogP contribution in [0.3, 0.4) is 0 Å². The first-order chi connectivity index (χ1) is 18.3. The first kappa shape index (κ1) is 32.3. The van der Waals surface area contributed by atoms with E-state index in [1.165, 1.54) is 89.9 Å². The predicted molar refractivity (Wildman–Crippen MR) is 166 cm³/mol. The van der Waals surface area contributed by atoms with E-state index in [9.17, 15) is 4.79 Å². The van der Waals surface area contributed by atoms with Crippen LogP contribution in [0.5, 0.6) is 0 Å². The van der Waals surface area contributed by atoms with E-state index < -0.39 is 0 Å². The smallest absolute Gasteiger partial charge is 0.261 e. The van der Waals surface area contributed by atoms with Crippen LogP contribution in [0.2, 0.25) is 0 Å². The van der Waals surface area contributed by atoms with E-state index in [-0.39, 0.29) is 5.56 Å². The number of anilines is 1. The number of rotatable bonds is 21. The number of hydrogen-bond donors (Lipinski definition) is 1. The molecule has 0 aliphatic carbocycles. The van der Waals surface area contributed by atoms with Crippen molar-refractivity contribution in [3.05, 3.63) is 34.4 Å². The van der Waals surface area contributed by atoms with Crippen LogP contribution < -0.4 is 11.3 Å². The molecular weight excluding hydrogens is 468 g/mol. The Labute approximate surface area is 233 Å². The van der Waals surface area contributed by atoms with Gasteiger partial charge in [-0.3, -0.25) is 14.3 Å². The molecule has 5 nitrogen and oxygen atoms in total. The van der Waals surface area contributed by atoms with Gasteiger partial charge in [0.15, 0.2) is 0 Å². The molecule has 1 aromatic carbocycles.